The van der Waals surface area contributed by atoms with E-state index in [4.69, 9.17) is 0 Å². The first-order valence-electron chi connectivity index (χ1n) is 11.1. The zero-order chi connectivity index (χ0) is 22.0. The largest absolute Gasteiger partial charge is 0.355 e. The maximum absolute atomic E-state index is 12.7. The molecule has 0 radical (unpaired) electrons. The van der Waals surface area contributed by atoms with Crippen LogP contribution in [-0.2, 0) is 11.3 Å². The Morgan fingerprint density at radius 2 is 1.55 bits per heavy atom. The summed E-state index contributed by atoms with van der Waals surface area (Å²) in [4.78, 5) is 35.5. The van der Waals surface area contributed by atoms with Gasteiger partial charge >= 0.3 is 0 Å². The molecule has 2 aliphatic rings. The molecule has 1 amide bonds. The molecule has 2 saturated heterocycles. The molecule has 0 atom stereocenters. The lowest BCUT2D eigenvalue weighted by molar-refractivity contribution is -0.132. The molecule has 9 heteroatoms. The number of rotatable bonds is 4. The number of piperidine rings is 1. The van der Waals surface area contributed by atoms with Gasteiger partial charge in [0.05, 0.1) is 6.33 Å². The molecule has 0 unspecified atom stereocenters. The second-order valence-corrected chi connectivity index (χ2v) is 8.68. The second kappa shape index (κ2) is 9.03. The summed E-state index contributed by atoms with van der Waals surface area (Å²) in [5, 5.41) is 8.89. The lowest BCUT2D eigenvalue weighted by Gasteiger charge is -2.35. The van der Waals surface area contributed by atoms with Gasteiger partial charge in [-0.15, -0.1) is 10.2 Å². The molecular formula is C22H31N7O2. The van der Waals surface area contributed by atoms with Gasteiger partial charge in [0.1, 0.15) is 6.54 Å². The molecule has 2 aliphatic heterocycles. The van der Waals surface area contributed by atoms with Crippen LogP contribution in [0.4, 0.5) is 11.6 Å². The van der Waals surface area contributed by atoms with E-state index in [1.165, 1.54) is 23.7 Å². The maximum Gasteiger partial charge on any atom is 0.256 e. The Kier molecular flexibility index (Phi) is 6.20. The Morgan fingerprint density at radius 1 is 0.968 bits per heavy atom. The van der Waals surface area contributed by atoms with Crippen LogP contribution in [0.5, 0.6) is 0 Å². The minimum atomic E-state index is -0.155. The number of nitrogens with zero attached hydrogens (tertiary/aromatic N) is 7. The third-order valence-electron chi connectivity index (χ3n) is 6.52. The van der Waals surface area contributed by atoms with Crippen LogP contribution in [0.1, 0.15) is 31.0 Å². The van der Waals surface area contributed by atoms with Gasteiger partial charge in [-0.1, -0.05) is 6.92 Å². The number of anilines is 2. The molecule has 2 aromatic heterocycles. The van der Waals surface area contributed by atoms with E-state index in [2.05, 4.69) is 38.0 Å². The van der Waals surface area contributed by atoms with Crippen LogP contribution >= 0.6 is 0 Å². The predicted molar refractivity (Wildman–Crippen MR) is 119 cm³/mol. The molecule has 0 saturated carbocycles. The summed E-state index contributed by atoms with van der Waals surface area (Å²) in [6, 6.07) is 4.08. The van der Waals surface area contributed by atoms with Gasteiger partial charge in [0, 0.05) is 50.5 Å². The fourth-order valence-corrected chi connectivity index (χ4v) is 4.11. The Morgan fingerprint density at radius 3 is 2.13 bits per heavy atom. The number of hydrogen-bond acceptors (Lipinski definition) is 7. The Labute approximate surface area is 182 Å². The van der Waals surface area contributed by atoms with E-state index in [1.54, 1.807) is 18.7 Å². The molecular weight excluding hydrogens is 394 g/mol. The van der Waals surface area contributed by atoms with Crippen molar-refractivity contribution < 1.29 is 4.79 Å². The van der Waals surface area contributed by atoms with Crippen molar-refractivity contribution >= 4 is 17.5 Å². The molecule has 0 aliphatic carbocycles. The molecule has 0 aromatic carbocycles. The van der Waals surface area contributed by atoms with Crippen molar-refractivity contribution in [2.75, 3.05) is 49.1 Å². The SMILES string of the molecule is Cc1ncn(CC(=O)N2CCN(c3ccc(N4CCC(C)CC4)nn3)CC2)c(=O)c1C. The van der Waals surface area contributed by atoms with Crippen molar-refractivity contribution in [2.45, 2.75) is 40.2 Å². The number of piperazine rings is 1. The van der Waals surface area contributed by atoms with Crippen LogP contribution in [0.3, 0.4) is 0 Å². The monoisotopic (exact) mass is 425 g/mol. The average Bonchev–Trinajstić information content (AvgIpc) is 2.80. The molecule has 4 rings (SSSR count). The third-order valence-corrected chi connectivity index (χ3v) is 6.52. The molecule has 31 heavy (non-hydrogen) atoms. The lowest BCUT2D eigenvalue weighted by atomic mass is 9.99. The lowest BCUT2D eigenvalue weighted by Crippen LogP contribution is -2.50. The third kappa shape index (κ3) is 4.70. The van der Waals surface area contributed by atoms with E-state index in [0.717, 1.165) is 30.6 Å². The smallest absolute Gasteiger partial charge is 0.256 e. The van der Waals surface area contributed by atoms with Gasteiger partial charge in [0.25, 0.3) is 5.56 Å². The van der Waals surface area contributed by atoms with Gasteiger partial charge in [0.15, 0.2) is 11.6 Å². The molecule has 0 bridgehead atoms. The summed E-state index contributed by atoms with van der Waals surface area (Å²) in [5.41, 5.74) is 1.13. The van der Waals surface area contributed by atoms with Crippen LogP contribution < -0.4 is 15.4 Å². The number of aryl methyl sites for hydroxylation is 1. The molecule has 4 heterocycles. The summed E-state index contributed by atoms with van der Waals surface area (Å²) in [7, 11) is 0. The predicted octanol–water partition coefficient (Wildman–Crippen LogP) is 1.24. The van der Waals surface area contributed by atoms with E-state index < -0.39 is 0 Å². The van der Waals surface area contributed by atoms with Crippen molar-refractivity contribution in [3.8, 4) is 0 Å². The highest BCUT2D eigenvalue weighted by Crippen LogP contribution is 2.22. The highest BCUT2D eigenvalue weighted by Gasteiger charge is 2.23. The summed E-state index contributed by atoms with van der Waals surface area (Å²) in [5.74, 6) is 2.51. The van der Waals surface area contributed by atoms with Gasteiger partial charge < -0.3 is 14.7 Å². The van der Waals surface area contributed by atoms with Crippen molar-refractivity contribution in [1.82, 2.24) is 24.6 Å². The quantitative estimate of drug-likeness (QED) is 0.728. The Hall–Kier alpha value is -2.97. The normalized spacial score (nSPS) is 17.8. The summed E-state index contributed by atoms with van der Waals surface area (Å²) in [6.45, 7) is 10.5. The van der Waals surface area contributed by atoms with Crippen molar-refractivity contribution in [1.29, 1.82) is 0 Å². The molecule has 9 nitrogen and oxygen atoms in total. The van der Waals surface area contributed by atoms with E-state index in [0.29, 0.717) is 37.4 Å². The minimum absolute atomic E-state index is 0.0237. The first kappa shape index (κ1) is 21.3. The van der Waals surface area contributed by atoms with E-state index in [9.17, 15) is 9.59 Å². The van der Waals surface area contributed by atoms with Gasteiger partial charge in [-0.05, 0) is 44.7 Å². The fourth-order valence-electron chi connectivity index (χ4n) is 4.11. The highest BCUT2D eigenvalue weighted by molar-refractivity contribution is 5.76. The van der Waals surface area contributed by atoms with Crippen LogP contribution in [0, 0.1) is 19.8 Å². The Balaban J connectivity index is 1.32. The number of carbonyl (C=O) groups excluding carboxylic acids is 1. The Bertz CT molecular complexity index is 972. The summed E-state index contributed by atoms with van der Waals surface area (Å²) >= 11 is 0. The van der Waals surface area contributed by atoms with Gasteiger partial charge in [-0.2, -0.15) is 0 Å². The van der Waals surface area contributed by atoms with Crippen LogP contribution in [0.15, 0.2) is 23.3 Å². The van der Waals surface area contributed by atoms with Crippen molar-refractivity contribution in [2.24, 2.45) is 5.92 Å². The summed E-state index contributed by atoms with van der Waals surface area (Å²) < 4.78 is 1.39. The zero-order valence-electron chi connectivity index (χ0n) is 18.6. The van der Waals surface area contributed by atoms with Crippen LogP contribution in [0.2, 0.25) is 0 Å². The van der Waals surface area contributed by atoms with Gasteiger partial charge in [-0.3, -0.25) is 14.2 Å². The first-order chi connectivity index (χ1) is 14.9. The van der Waals surface area contributed by atoms with Crippen LogP contribution in [0.25, 0.3) is 0 Å². The first-order valence-corrected chi connectivity index (χ1v) is 11.1. The van der Waals surface area contributed by atoms with Crippen LogP contribution in [-0.4, -0.2) is 69.8 Å². The standard InChI is InChI=1S/C22H31N7O2/c1-16-6-8-26(9-7-16)19-4-5-20(25-24-19)27-10-12-28(13-11-27)21(30)14-29-15-23-18(3)17(2)22(29)31/h4-5,15-16H,6-14H2,1-3H3. The molecule has 166 valence electrons. The number of carbonyl (C=O) groups is 1. The van der Waals surface area contributed by atoms with Crippen molar-refractivity contribution in [3.63, 3.8) is 0 Å². The zero-order valence-corrected chi connectivity index (χ0v) is 18.6. The molecule has 2 aromatic rings. The highest BCUT2D eigenvalue weighted by atomic mass is 16.2. The van der Waals surface area contributed by atoms with E-state index >= 15 is 0 Å². The second-order valence-electron chi connectivity index (χ2n) is 8.68. The van der Waals surface area contributed by atoms with Crippen molar-refractivity contribution in [3.05, 3.63) is 40.1 Å². The summed E-state index contributed by atoms with van der Waals surface area (Å²) in [6.07, 6.45) is 3.85. The topological polar surface area (TPSA) is 87.5 Å². The average molecular weight is 426 g/mol. The fraction of sp³-hybridized carbons (Fsp3) is 0.591. The van der Waals surface area contributed by atoms with Gasteiger partial charge in [-0.25, -0.2) is 4.98 Å². The number of amides is 1. The van der Waals surface area contributed by atoms with E-state index in [1.807, 2.05) is 6.07 Å². The number of hydrogen-bond donors (Lipinski definition) is 0. The maximum atomic E-state index is 12.7. The molecule has 2 fully saturated rings. The minimum Gasteiger partial charge on any atom is -0.355 e. The van der Waals surface area contributed by atoms with E-state index in [-0.39, 0.29) is 18.0 Å². The molecule has 0 spiro atoms. The van der Waals surface area contributed by atoms with Gasteiger partial charge in [0.2, 0.25) is 5.91 Å². The number of aromatic nitrogens is 4. The molecule has 0 N–H and O–H groups in total.